The number of nitrogens with zero attached hydrogens (tertiary/aromatic N) is 1. The smallest absolute Gasteiger partial charge is 0.339 e. The number of carbonyl (C=O) groups excluding carboxylic acids is 2. The van der Waals surface area contributed by atoms with Crippen molar-refractivity contribution in [2.75, 3.05) is 40.0 Å². The van der Waals surface area contributed by atoms with Gasteiger partial charge in [-0.3, -0.25) is 9.69 Å². The lowest BCUT2D eigenvalue weighted by Gasteiger charge is -2.48. The molecule has 3 rings (SSSR count). The van der Waals surface area contributed by atoms with Crippen molar-refractivity contribution in [1.82, 2.24) is 15.2 Å². The summed E-state index contributed by atoms with van der Waals surface area (Å²) in [5, 5.41) is 3.14. The molecule has 2 aliphatic rings. The third kappa shape index (κ3) is 4.04. The summed E-state index contributed by atoms with van der Waals surface area (Å²) in [5.41, 5.74) is 2.20. The first kappa shape index (κ1) is 19.9. The second kappa shape index (κ2) is 8.44. The Morgan fingerprint density at radius 3 is 2.48 bits per heavy atom. The van der Waals surface area contributed by atoms with Gasteiger partial charge < -0.3 is 19.8 Å². The van der Waals surface area contributed by atoms with Crippen molar-refractivity contribution in [2.24, 2.45) is 0 Å². The molecule has 0 radical (unpaired) electrons. The number of amides is 1. The fourth-order valence-electron chi connectivity index (χ4n) is 4.57. The predicted molar refractivity (Wildman–Crippen MR) is 102 cm³/mol. The number of rotatable bonds is 5. The minimum Gasteiger partial charge on any atom is -0.465 e. The highest BCUT2D eigenvalue weighted by Gasteiger charge is 2.39. The van der Waals surface area contributed by atoms with E-state index in [1.807, 2.05) is 0 Å². The summed E-state index contributed by atoms with van der Waals surface area (Å²) in [4.78, 5) is 30.4. The van der Waals surface area contributed by atoms with E-state index in [-0.39, 0.29) is 11.4 Å². The first-order chi connectivity index (χ1) is 13.0. The van der Waals surface area contributed by atoms with E-state index in [1.165, 1.54) is 26.4 Å². The van der Waals surface area contributed by atoms with E-state index in [9.17, 15) is 9.59 Å². The number of hydrogen-bond donors (Lipinski definition) is 2. The zero-order valence-electron chi connectivity index (χ0n) is 16.7. The van der Waals surface area contributed by atoms with Gasteiger partial charge in [0.2, 0.25) is 0 Å². The van der Waals surface area contributed by atoms with Crippen LogP contribution in [0.2, 0.25) is 0 Å². The van der Waals surface area contributed by atoms with Crippen molar-refractivity contribution >= 4 is 11.9 Å². The molecule has 1 aliphatic heterocycles. The number of esters is 1. The van der Waals surface area contributed by atoms with Crippen LogP contribution in [0.1, 0.15) is 64.2 Å². The average Bonchev–Trinajstić information content (AvgIpc) is 3.01. The number of ether oxygens (including phenoxy) is 2. The summed E-state index contributed by atoms with van der Waals surface area (Å²) in [6, 6.07) is 0. The number of H-pyrrole nitrogens is 1. The predicted octanol–water partition coefficient (Wildman–Crippen LogP) is 2.18. The van der Waals surface area contributed by atoms with E-state index in [4.69, 9.17) is 9.47 Å². The molecule has 1 saturated heterocycles. The lowest BCUT2D eigenvalue weighted by atomic mass is 9.79. The maximum Gasteiger partial charge on any atom is 0.339 e. The lowest BCUT2D eigenvalue weighted by Crippen LogP contribution is -2.59. The van der Waals surface area contributed by atoms with Crippen molar-refractivity contribution < 1.29 is 19.1 Å². The van der Waals surface area contributed by atoms with Crippen molar-refractivity contribution in [1.29, 1.82) is 0 Å². The Kier molecular flexibility index (Phi) is 6.22. The highest BCUT2D eigenvalue weighted by Crippen LogP contribution is 2.34. The minimum atomic E-state index is -0.419. The Balaban J connectivity index is 1.74. The topological polar surface area (TPSA) is 83.7 Å². The van der Waals surface area contributed by atoms with Gasteiger partial charge in [-0.1, -0.05) is 19.3 Å². The van der Waals surface area contributed by atoms with Crippen LogP contribution in [-0.4, -0.2) is 67.3 Å². The number of aromatic nitrogens is 1. The summed E-state index contributed by atoms with van der Waals surface area (Å²) >= 11 is 0. The molecule has 1 aliphatic carbocycles. The van der Waals surface area contributed by atoms with E-state index < -0.39 is 5.97 Å². The van der Waals surface area contributed by atoms with E-state index in [0.717, 1.165) is 39.1 Å². The zero-order chi connectivity index (χ0) is 19.4. The number of hydrogen-bond acceptors (Lipinski definition) is 5. The molecule has 7 nitrogen and oxygen atoms in total. The normalized spacial score (nSPS) is 20.3. The fraction of sp³-hybridized carbons (Fsp3) is 0.700. The molecule has 2 fully saturated rings. The molecule has 1 saturated carbocycles. The number of nitrogens with one attached hydrogen (secondary N) is 2. The van der Waals surface area contributed by atoms with E-state index in [2.05, 4.69) is 15.2 Å². The molecule has 1 aromatic rings. The van der Waals surface area contributed by atoms with Gasteiger partial charge >= 0.3 is 5.97 Å². The molecule has 1 aromatic heterocycles. The summed E-state index contributed by atoms with van der Waals surface area (Å²) in [5.74, 6) is -0.582. The van der Waals surface area contributed by atoms with Crippen LogP contribution in [0.25, 0.3) is 0 Å². The number of aromatic amines is 1. The number of carbonyl (C=O) groups is 2. The van der Waals surface area contributed by atoms with E-state index >= 15 is 0 Å². The van der Waals surface area contributed by atoms with Crippen LogP contribution in [0.4, 0.5) is 0 Å². The van der Waals surface area contributed by atoms with Crippen LogP contribution in [0, 0.1) is 13.8 Å². The van der Waals surface area contributed by atoms with Gasteiger partial charge in [0, 0.05) is 30.9 Å². The number of morpholine rings is 1. The monoisotopic (exact) mass is 377 g/mol. The fourth-order valence-corrected chi connectivity index (χ4v) is 4.57. The second-order valence-corrected chi connectivity index (χ2v) is 7.68. The van der Waals surface area contributed by atoms with Gasteiger partial charge in [0.1, 0.15) is 5.69 Å². The molecule has 2 N–H and O–H groups in total. The van der Waals surface area contributed by atoms with Crippen LogP contribution in [0.3, 0.4) is 0 Å². The Bertz CT molecular complexity index is 686. The maximum absolute atomic E-state index is 12.9. The van der Waals surface area contributed by atoms with Crippen LogP contribution in [0.5, 0.6) is 0 Å². The Morgan fingerprint density at radius 1 is 1.19 bits per heavy atom. The Morgan fingerprint density at radius 2 is 1.85 bits per heavy atom. The minimum absolute atomic E-state index is 0.0123. The van der Waals surface area contributed by atoms with Crippen molar-refractivity contribution in [3.05, 3.63) is 22.5 Å². The largest absolute Gasteiger partial charge is 0.465 e. The molecule has 150 valence electrons. The lowest BCUT2D eigenvalue weighted by molar-refractivity contribution is -0.0361. The molecule has 0 aromatic carbocycles. The third-order valence-corrected chi connectivity index (χ3v) is 6.10. The highest BCUT2D eigenvalue weighted by atomic mass is 16.5. The molecule has 0 bridgehead atoms. The van der Waals surface area contributed by atoms with Crippen LogP contribution in [-0.2, 0) is 9.47 Å². The summed E-state index contributed by atoms with van der Waals surface area (Å²) < 4.78 is 10.3. The molecule has 2 heterocycles. The summed E-state index contributed by atoms with van der Waals surface area (Å²) in [7, 11) is 1.35. The molecule has 0 atom stereocenters. The first-order valence-corrected chi connectivity index (χ1v) is 9.87. The van der Waals surface area contributed by atoms with Crippen LogP contribution >= 0.6 is 0 Å². The first-order valence-electron chi connectivity index (χ1n) is 9.87. The second-order valence-electron chi connectivity index (χ2n) is 7.68. The quantitative estimate of drug-likeness (QED) is 0.769. The van der Waals surface area contributed by atoms with Crippen LogP contribution < -0.4 is 5.32 Å². The third-order valence-electron chi connectivity index (χ3n) is 6.10. The molecule has 0 spiro atoms. The number of aryl methyl sites for hydroxylation is 1. The zero-order valence-corrected chi connectivity index (χ0v) is 16.7. The van der Waals surface area contributed by atoms with Crippen LogP contribution in [0.15, 0.2) is 0 Å². The van der Waals surface area contributed by atoms with Gasteiger partial charge in [0.15, 0.2) is 0 Å². The SMILES string of the molecule is COC(=O)c1c(C)[nH]c(C(=O)NCC2(N3CCOCC3)CCCCC2)c1C. The van der Waals surface area contributed by atoms with Crippen molar-refractivity contribution in [3.63, 3.8) is 0 Å². The molecule has 27 heavy (non-hydrogen) atoms. The molecule has 0 unspecified atom stereocenters. The molecular formula is C20H31N3O4. The van der Waals surface area contributed by atoms with Gasteiger partial charge in [0.25, 0.3) is 5.91 Å². The van der Waals surface area contributed by atoms with Gasteiger partial charge in [-0.25, -0.2) is 4.79 Å². The molecular weight excluding hydrogens is 346 g/mol. The summed E-state index contributed by atoms with van der Waals surface area (Å²) in [6.45, 7) is 7.54. The van der Waals surface area contributed by atoms with Gasteiger partial charge in [-0.05, 0) is 32.3 Å². The van der Waals surface area contributed by atoms with E-state index in [1.54, 1.807) is 13.8 Å². The Labute approximate surface area is 160 Å². The molecule has 7 heteroatoms. The standard InChI is InChI=1S/C20H31N3O4/c1-14-16(19(25)26-3)15(2)22-17(14)18(24)21-13-20(7-5-4-6-8-20)23-9-11-27-12-10-23/h22H,4-13H2,1-3H3,(H,21,24). The van der Waals surface area contributed by atoms with Crippen molar-refractivity contribution in [3.8, 4) is 0 Å². The van der Waals surface area contributed by atoms with Gasteiger partial charge in [-0.15, -0.1) is 0 Å². The van der Waals surface area contributed by atoms with Gasteiger partial charge in [0.05, 0.1) is 25.9 Å². The van der Waals surface area contributed by atoms with E-state index in [0.29, 0.717) is 29.1 Å². The average molecular weight is 377 g/mol. The molecule has 1 amide bonds. The maximum atomic E-state index is 12.9. The number of methoxy groups -OCH3 is 1. The van der Waals surface area contributed by atoms with Gasteiger partial charge in [-0.2, -0.15) is 0 Å². The highest BCUT2D eigenvalue weighted by molar-refractivity contribution is 6.00. The summed E-state index contributed by atoms with van der Waals surface area (Å²) in [6.07, 6.45) is 5.85. The Hall–Kier alpha value is -1.86. The van der Waals surface area contributed by atoms with Crippen molar-refractivity contribution in [2.45, 2.75) is 51.5 Å².